The van der Waals surface area contributed by atoms with Crippen LogP contribution in [0.25, 0.3) is 0 Å². The highest BCUT2D eigenvalue weighted by Gasteiger charge is 2.50. The zero-order valence-corrected chi connectivity index (χ0v) is 15.0. The van der Waals surface area contributed by atoms with E-state index >= 15 is 0 Å². The van der Waals surface area contributed by atoms with E-state index in [1.165, 1.54) is 0 Å². The Balaban J connectivity index is 1.77. The fourth-order valence-corrected chi connectivity index (χ4v) is 3.50. The Morgan fingerprint density at radius 3 is 2.84 bits per heavy atom. The van der Waals surface area contributed by atoms with E-state index in [1.807, 2.05) is 36.1 Å². The van der Waals surface area contributed by atoms with Gasteiger partial charge in [0.2, 0.25) is 0 Å². The van der Waals surface area contributed by atoms with E-state index in [1.54, 1.807) is 4.90 Å². The van der Waals surface area contributed by atoms with Crippen LogP contribution in [0.5, 0.6) is 5.75 Å². The number of cyclic esters (lactones) is 1. The van der Waals surface area contributed by atoms with Crippen molar-refractivity contribution in [2.45, 2.75) is 38.6 Å². The lowest BCUT2D eigenvalue weighted by Gasteiger charge is -2.44. The van der Waals surface area contributed by atoms with Gasteiger partial charge < -0.3 is 14.4 Å². The molecule has 0 aliphatic carbocycles. The van der Waals surface area contributed by atoms with Gasteiger partial charge in [0.25, 0.3) is 5.91 Å². The van der Waals surface area contributed by atoms with E-state index in [0.717, 1.165) is 19.3 Å². The predicted molar refractivity (Wildman–Crippen MR) is 93.8 cm³/mol. The van der Waals surface area contributed by atoms with Gasteiger partial charge in [0.1, 0.15) is 12.4 Å². The quantitative estimate of drug-likeness (QED) is 0.743. The molecule has 2 fully saturated rings. The Kier molecular flexibility index (Phi) is 5.16. The van der Waals surface area contributed by atoms with E-state index in [4.69, 9.17) is 9.47 Å². The van der Waals surface area contributed by atoms with Crippen LogP contribution in [-0.2, 0) is 4.74 Å². The number of para-hydroxylation sites is 1. The number of fused-ring (bicyclic) bond motifs is 1. The molecule has 0 N–H and O–H groups in total. The van der Waals surface area contributed by atoms with E-state index in [-0.39, 0.29) is 12.0 Å². The number of ether oxygens (including phenoxy) is 2. The minimum absolute atomic E-state index is 0.0427. The van der Waals surface area contributed by atoms with Crippen LogP contribution in [0.15, 0.2) is 24.3 Å². The third-order valence-corrected chi connectivity index (χ3v) is 5.15. The molecule has 2 amide bonds. The molecule has 0 aromatic heterocycles. The molecule has 0 saturated carbocycles. The van der Waals surface area contributed by atoms with Gasteiger partial charge in [0.15, 0.2) is 0 Å². The number of benzene rings is 1. The summed E-state index contributed by atoms with van der Waals surface area (Å²) >= 11 is 0. The van der Waals surface area contributed by atoms with Gasteiger partial charge in [-0.3, -0.25) is 9.69 Å². The molecule has 1 aromatic rings. The SMILES string of the molecule is CCCCOc1ccccc1C(=O)N1CCN2C(=O)OCC2(CC)C1. The number of carbonyl (C=O) groups is 2. The van der Waals surface area contributed by atoms with E-state index in [9.17, 15) is 9.59 Å². The predicted octanol–water partition coefficient (Wildman–Crippen LogP) is 2.92. The van der Waals surface area contributed by atoms with Crippen molar-refractivity contribution >= 4 is 12.0 Å². The number of nitrogens with zero attached hydrogens (tertiary/aromatic N) is 2. The molecule has 0 bridgehead atoms. The summed E-state index contributed by atoms with van der Waals surface area (Å²) < 4.78 is 11.0. The Morgan fingerprint density at radius 1 is 1.28 bits per heavy atom. The third kappa shape index (κ3) is 3.30. The molecule has 3 rings (SSSR count). The average Bonchev–Trinajstić information content (AvgIpc) is 2.98. The molecule has 6 nitrogen and oxygen atoms in total. The van der Waals surface area contributed by atoms with Crippen molar-refractivity contribution in [3.63, 3.8) is 0 Å². The highest BCUT2D eigenvalue weighted by molar-refractivity contribution is 5.97. The summed E-state index contributed by atoms with van der Waals surface area (Å²) in [6.45, 7) is 6.62. The van der Waals surface area contributed by atoms with Crippen molar-refractivity contribution in [3.8, 4) is 5.75 Å². The molecule has 1 unspecified atom stereocenters. The minimum Gasteiger partial charge on any atom is -0.493 e. The third-order valence-electron chi connectivity index (χ3n) is 5.15. The molecule has 1 atom stereocenters. The first kappa shape index (κ1) is 17.6. The van der Waals surface area contributed by atoms with Crippen LogP contribution in [-0.4, -0.2) is 60.2 Å². The number of hydrogen-bond acceptors (Lipinski definition) is 4. The molecule has 2 aliphatic rings. The van der Waals surface area contributed by atoms with Gasteiger partial charge in [-0.2, -0.15) is 0 Å². The molecular weight excluding hydrogens is 320 g/mol. The van der Waals surface area contributed by atoms with Crippen LogP contribution in [0.4, 0.5) is 4.79 Å². The van der Waals surface area contributed by atoms with Gasteiger partial charge in [0.05, 0.1) is 17.7 Å². The van der Waals surface area contributed by atoms with Crippen molar-refractivity contribution in [1.82, 2.24) is 9.80 Å². The molecule has 136 valence electrons. The van der Waals surface area contributed by atoms with Gasteiger partial charge >= 0.3 is 6.09 Å². The van der Waals surface area contributed by atoms with Gasteiger partial charge in [-0.05, 0) is 25.0 Å². The summed E-state index contributed by atoms with van der Waals surface area (Å²) in [5, 5.41) is 0. The molecular formula is C19H26N2O4. The number of piperazine rings is 1. The van der Waals surface area contributed by atoms with Crippen LogP contribution < -0.4 is 4.74 Å². The summed E-state index contributed by atoms with van der Waals surface area (Å²) in [5.74, 6) is 0.589. The average molecular weight is 346 g/mol. The maximum absolute atomic E-state index is 13.1. The standard InChI is InChI=1S/C19H26N2O4/c1-3-5-12-24-16-9-7-6-8-15(16)17(22)20-10-11-21-18(23)25-14-19(21,4-2)13-20/h6-9H,3-5,10-14H2,1-2H3. The molecule has 2 saturated heterocycles. The summed E-state index contributed by atoms with van der Waals surface area (Å²) in [6.07, 6.45) is 2.50. The Bertz CT molecular complexity index is 648. The highest BCUT2D eigenvalue weighted by Crippen LogP contribution is 2.33. The highest BCUT2D eigenvalue weighted by atomic mass is 16.6. The lowest BCUT2D eigenvalue weighted by Crippen LogP contribution is -2.62. The van der Waals surface area contributed by atoms with Gasteiger partial charge in [-0.15, -0.1) is 0 Å². The van der Waals surface area contributed by atoms with Crippen molar-refractivity contribution < 1.29 is 19.1 Å². The fourth-order valence-electron chi connectivity index (χ4n) is 3.50. The number of carbonyl (C=O) groups excluding carboxylic acids is 2. The number of hydrogen-bond donors (Lipinski definition) is 0. The first-order valence-corrected chi connectivity index (χ1v) is 9.07. The Labute approximate surface area is 148 Å². The van der Waals surface area contributed by atoms with E-state index < -0.39 is 5.54 Å². The maximum Gasteiger partial charge on any atom is 0.410 e. The van der Waals surface area contributed by atoms with Gasteiger partial charge in [-0.1, -0.05) is 32.4 Å². The van der Waals surface area contributed by atoms with E-state index in [2.05, 4.69) is 6.92 Å². The van der Waals surface area contributed by atoms with Crippen LogP contribution in [0.1, 0.15) is 43.5 Å². The van der Waals surface area contributed by atoms with Crippen molar-refractivity contribution in [3.05, 3.63) is 29.8 Å². The van der Waals surface area contributed by atoms with E-state index in [0.29, 0.717) is 44.2 Å². The molecule has 0 radical (unpaired) electrons. The Hall–Kier alpha value is -2.24. The number of unbranched alkanes of at least 4 members (excludes halogenated alkanes) is 1. The normalized spacial score (nSPS) is 22.6. The molecule has 25 heavy (non-hydrogen) atoms. The summed E-state index contributed by atoms with van der Waals surface area (Å²) in [7, 11) is 0. The van der Waals surface area contributed by atoms with Crippen molar-refractivity contribution in [1.29, 1.82) is 0 Å². The van der Waals surface area contributed by atoms with Crippen LogP contribution >= 0.6 is 0 Å². The second kappa shape index (κ2) is 7.33. The molecule has 2 heterocycles. The molecule has 0 spiro atoms. The topological polar surface area (TPSA) is 59.1 Å². The molecule has 1 aromatic carbocycles. The lowest BCUT2D eigenvalue weighted by molar-refractivity contribution is 0.0359. The van der Waals surface area contributed by atoms with Gasteiger partial charge in [-0.25, -0.2) is 4.79 Å². The van der Waals surface area contributed by atoms with Crippen molar-refractivity contribution in [2.75, 3.05) is 32.8 Å². The summed E-state index contributed by atoms with van der Waals surface area (Å²) in [4.78, 5) is 28.6. The zero-order chi connectivity index (χ0) is 17.9. The second-order valence-corrected chi connectivity index (χ2v) is 6.71. The van der Waals surface area contributed by atoms with Crippen LogP contribution in [0, 0.1) is 0 Å². The minimum atomic E-state index is -0.400. The Morgan fingerprint density at radius 2 is 2.08 bits per heavy atom. The number of amides is 2. The first-order chi connectivity index (χ1) is 12.1. The maximum atomic E-state index is 13.1. The lowest BCUT2D eigenvalue weighted by atomic mass is 9.92. The zero-order valence-electron chi connectivity index (χ0n) is 15.0. The second-order valence-electron chi connectivity index (χ2n) is 6.71. The molecule has 2 aliphatic heterocycles. The van der Waals surface area contributed by atoms with Crippen molar-refractivity contribution in [2.24, 2.45) is 0 Å². The first-order valence-electron chi connectivity index (χ1n) is 9.07. The monoisotopic (exact) mass is 346 g/mol. The smallest absolute Gasteiger partial charge is 0.410 e. The largest absolute Gasteiger partial charge is 0.493 e. The number of rotatable bonds is 6. The fraction of sp³-hybridized carbons (Fsp3) is 0.579. The molecule has 6 heteroatoms. The van der Waals surface area contributed by atoms with Crippen LogP contribution in [0.2, 0.25) is 0 Å². The summed E-state index contributed by atoms with van der Waals surface area (Å²) in [5.41, 5.74) is 0.187. The van der Waals surface area contributed by atoms with Gasteiger partial charge in [0, 0.05) is 19.6 Å². The van der Waals surface area contributed by atoms with Crippen LogP contribution in [0.3, 0.4) is 0 Å². The summed E-state index contributed by atoms with van der Waals surface area (Å²) in [6, 6.07) is 7.39.